The monoisotopic (exact) mass is 273 g/mol. The summed E-state index contributed by atoms with van der Waals surface area (Å²) in [7, 11) is 0. The molecule has 3 N–H and O–H groups in total. The zero-order valence-corrected chi connectivity index (χ0v) is 11.3. The second-order valence-corrected chi connectivity index (χ2v) is 4.39. The summed E-state index contributed by atoms with van der Waals surface area (Å²) in [4.78, 5) is 12.7. The van der Waals surface area contributed by atoms with Gasteiger partial charge in [0.25, 0.3) is 5.78 Å². The van der Waals surface area contributed by atoms with Crippen LogP contribution in [0.25, 0.3) is 17.4 Å². The average Bonchev–Trinajstić information content (AvgIpc) is 3.02. The van der Waals surface area contributed by atoms with Gasteiger partial charge in [-0.3, -0.25) is 0 Å². The Labute approximate surface area is 115 Å². The van der Waals surface area contributed by atoms with E-state index >= 15 is 0 Å². The lowest BCUT2D eigenvalue weighted by Crippen LogP contribution is -2.10. The molecule has 3 aromatic heterocycles. The van der Waals surface area contributed by atoms with Gasteiger partial charge in [0.05, 0.1) is 0 Å². The van der Waals surface area contributed by atoms with E-state index in [0.717, 1.165) is 18.7 Å². The maximum absolute atomic E-state index is 5.86. The van der Waals surface area contributed by atoms with E-state index in [-0.39, 0.29) is 5.95 Å². The van der Waals surface area contributed by atoms with Gasteiger partial charge in [-0.25, -0.2) is 0 Å². The van der Waals surface area contributed by atoms with E-state index in [2.05, 4.69) is 32.3 Å². The van der Waals surface area contributed by atoms with Crippen LogP contribution in [0, 0.1) is 6.92 Å². The summed E-state index contributed by atoms with van der Waals surface area (Å²) in [6.07, 6.45) is 0.970. The minimum absolute atomic E-state index is 0.232. The van der Waals surface area contributed by atoms with Crippen molar-refractivity contribution in [1.82, 2.24) is 24.6 Å². The minimum atomic E-state index is 0.232. The Morgan fingerprint density at radius 2 is 2.15 bits per heavy atom. The van der Waals surface area contributed by atoms with Crippen molar-refractivity contribution < 1.29 is 4.42 Å². The summed E-state index contributed by atoms with van der Waals surface area (Å²) < 4.78 is 6.88. The van der Waals surface area contributed by atoms with Gasteiger partial charge in [0.1, 0.15) is 5.76 Å². The molecule has 0 aliphatic rings. The maximum Gasteiger partial charge on any atom is 0.259 e. The third kappa shape index (κ3) is 2.15. The van der Waals surface area contributed by atoms with Crippen molar-refractivity contribution in [2.24, 2.45) is 0 Å². The van der Waals surface area contributed by atoms with Crippen molar-refractivity contribution in [2.45, 2.75) is 20.3 Å². The molecule has 0 atom stereocenters. The van der Waals surface area contributed by atoms with E-state index < -0.39 is 0 Å². The van der Waals surface area contributed by atoms with Gasteiger partial charge in [0.15, 0.2) is 5.76 Å². The van der Waals surface area contributed by atoms with Gasteiger partial charge in [0.2, 0.25) is 17.7 Å². The van der Waals surface area contributed by atoms with Crippen molar-refractivity contribution in [3.8, 4) is 11.6 Å². The molecule has 0 spiro atoms. The highest BCUT2D eigenvalue weighted by molar-refractivity contribution is 5.53. The minimum Gasteiger partial charge on any atom is -0.458 e. The normalized spacial score (nSPS) is 11.1. The lowest BCUT2D eigenvalue weighted by atomic mass is 10.4. The van der Waals surface area contributed by atoms with Gasteiger partial charge in [-0.05, 0) is 25.5 Å². The predicted molar refractivity (Wildman–Crippen MR) is 74.2 cm³/mol. The van der Waals surface area contributed by atoms with Crippen LogP contribution in [0.15, 0.2) is 16.5 Å². The van der Waals surface area contributed by atoms with Crippen molar-refractivity contribution in [3.63, 3.8) is 0 Å². The molecule has 3 heterocycles. The zero-order valence-electron chi connectivity index (χ0n) is 11.3. The first-order valence-corrected chi connectivity index (χ1v) is 6.38. The first-order valence-electron chi connectivity index (χ1n) is 6.38. The maximum atomic E-state index is 5.86. The molecule has 8 nitrogen and oxygen atoms in total. The van der Waals surface area contributed by atoms with Crippen LogP contribution in [0.5, 0.6) is 0 Å². The Kier molecular flexibility index (Phi) is 2.97. The van der Waals surface area contributed by atoms with Crippen LogP contribution in [0.3, 0.4) is 0 Å². The molecule has 0 unspecified atom stereocenters. The lowest BCUT2D eigenvalue weighted by molar-refractivity contribution is 0.544. The predicted octanol–water partition coefficient (Wildman–Crippen LogP) is 1.49. The smallest absolute Gasteiger partial charge is 0.259 e. The number of anilines is 2. The van der Waals surface area contributed by atoms with Crippen molar-refractivity contribution in [2.75, 3.05) is 17.6 Å². The number of fused-ring (bicyclic) bond motifs is 1. The molecule has 0 bridgehead atoms. The van der Waals surface area contributed by atoms with Crippen molar-refractivity contribution >= 4 is 17.7 Å². The molecule has 0 aliphatic carbocycles. The van der Waals surface area contributed by atoms with E-state index in [1.165, 1.54) is 4.52 Å². The van der Waals surface area contributed by atoms with E-state index in [9.17, 15) is 0 Å². The van der Waals surface area contributed by atoms with Gasteiger partial charge in [-0.2, -0.15) is 19.5 Å². The fourth-order valence-corrected chi connectivity index (χ4v) is 1.78. The molecule has 0 radical (unpaired) electrons. The topological polar surface area (TPSA) is 107 Å². The number of aryl methyl sites for hydroxylation is 1. The summed E-state index contributed by atoms with van der Waals surface area (Å²) in [6, 6.07) is 3.66. The van der Waals surface area contributed by atoms with E-state index in [1.807, 2.05) is 19.1 Å². The molecule has 104 valence electrons. The fourth-order valence-electron chi connectivity index (χ4n) is 1.78. The van der Waals surface area contributed by atoms with Gasteiger partial charge < -0.3 is 15.5 Å². The highest BCUT2D eigenvalue weighted by atomic mass is 16.3. The number of nitrogens with two attached hydrogens (primary N) is 1. The van der Waals surface area contributed by atoms with Gasteiger partial charge >= 0.3 is 0 Å². The number of hydrogen-bond acceptors (Lipinski definition) is 7. The van der Waals surface area contributed by atoms with E-state index in [4.69, 9.17) is 10.2 Å². The number of furan rings is 1. The van der Waals surface area contributed by atoms with Crippen molar-refractivity contribution in [1.29, 1.82) is 0 Å². The van der Waals surface area contributed by atoms with E-state index in [0.29, 0.717) is 23.3 Å². The second kappa shape index (κ2) is 4.80. The van der Waals surface area contributed by atoms with Gasteiger partial charge in [-0.15, -0.1) is 5.10 Å². The Hall–Kier alpha value is -2.64. The SMILES string of the molecule is CCCNc1nc(N)n2nc(-c3ccc(C)o3)nc2n1. The highest BCUT2D eigenvalue weighted by Gasteiger charge is 2.14. The number of hydrogen-bond donors (Lipinski definition) is 2. The third-order valence-electron chi connectivity index (χ3n) is 2.73. The van der Waals surface area contributed by atoms with E-state index in [1.54, 1.807) is 0 Å². The zero-order chi connectivity index (χ0) is 14.1. The van der Waals surface area contributed by atoms with Crippen LogP contribution in [-0.2, 0) is 0 Å². The number of nitrogens with one attached hydrogen (secondary N) is 1. The first kappa shape index (κ1) is 12.4. The quantitative estimate of drug-likeness (QED) is 0.741. The molecule has 0 fully saturated rings. The molecular formula is C12H15N7O. The van der Waals surface area contributed by atoms with Crippen LogP contribution >= 0.6 is 0 Å². The van der Waals surface area contributed by atoms with Crippen LogP contribution < -0.4 is 11.1 Å². The second-order valence-electron chi connectivity index (χ2n) is 4.39. The molecule has 0 amide bonds. The number of rotatable bonds is 4. The van der Waals surface area contributed by atoms with Crippen LogP contribution in [0.2, 0.25) is 0 Å². The number of nitrogen functional groups attached to an aromatic ring is 1. The van der Waals surface area contributed by atoms with Crippen LogP contribution in [0.4, 0.5) is 11.9 Å². The standard InChI is InChI=1S/C12H15N7O/c1-3-6-14-11-16-10(13)19-12(17-11)15-9(18-19)8-5-4-7(2)20-8/h4-5H,3,6H2,1-2H3,(H3,13,14,15,16,17,18). The molecule has 8 heteroatoms. The highest BCUT2D eigenvalue weighted by Crippen LogP contribution is 2.19. The Balaban J connectivity index is 2.04. The van der Waals surface area contributed by atoms with Crippen LogP contribution in [0.1, 0.15) is 19.1 Å². The third-order valence-corrected chi connectivity index (χ3v) is 2.73. The molecule has 3 rings (SSSR count). The Morgan fingerprint density at radius 3 is 2.85 bits per heavy atom. The van der Waals surface area contributed by atoms with Gasteiger partial charge in [0, 0.05) is 6.54 Å². The molecule has 0 saturated carbocycles. The summed E-state index contributed by atoms with van der Waals surface area (Å²) in [5.74, 6) is 2.88. The lowest BCUT2D eigenvalue weighted by Gasteiger charge is -2.03. The summed E-state index contributed by atoms with van der Waals surface area (Å²) in [5.41, 5.74) is 5.86. The molecule has 20 heavy (non-hydrogen) atoms. The Bertz CT molecular complexity index is 745. The molecule has 3 aromatic rings. The van der Waals surface area contributed by atoms with Crippen molar-refractivity contribution in [3.05, 3.63) is 17.9 Å². The number of aromatic nitrogens is 5. The number of nitrogens with zero attached hydrogens (tertiary/aromatic N) is 5. The molecule has 0 aromatic carbocycles. The fraction of sp³-hybridized carbons (Fsp3) is 0.333. The average molecular weight is 273 g/mol. The molecular weight excluding hydrogens is 258 g/mol. The summed E-state index contributed by atoms with van der Waals surface area (Å²) >= 11 is 0. The largest absolute Gasteiger partial charge is 0.458 e. The Morgan fingerprint density at radius 1 is 1.30 bits per heavy atom. The molecule has 0 aliphatic heterocycles. The summed E-state index contributed by atoms with van der Waals surface area (Å²) in [6.45, 7) is 4.69. The van der Waals surface area contributed by atoms with Gasteiger partial charge in [-0.1, -0.05) is 6.92 Å². The summed E-state index contributed by atoms with van der Waals surface area (Å²) in [5, 5.41) is 7.32. The molecule has 0 saturated heterocycles. The van der Waals surface area contributed by atoms with Crippen LogP contribution in [-0.4, -0.2) is 31.1 Å². The first-order chi connectivity index (χ1) is 9.67.